The van der Waals surface area contributed by atoms with Crippen LogP contribution in [-0.2, 0) is 9.59 Å². The molecule has 0 radical (unpaired) electrons. The van der Waals surface area contributed by atoms with E-state index in [0.29, 0.717) is 6.54 Å². The molecule has 0 unspecified atom stereocenters. The number of nitrogens with one attached hydrogen (secondary N) is 2. The zero-order valence-corrected chi connectivity index (χ0v) is 9.34. The van der Waals surface area contributed by atoms with Crippen molar-refractivity contribution < 1.29 is 9.59 Å². The van der Waals surface area contributed by atoms with Gasteiger partial charge >= 0.3 is 11.8 Å². The Kier molecular flexibility index (Phi) is 5.15. The average molecular weight is 212 g/mol. The van der Waals surface area contributed by atoms with Gasteiger partial charge in [0.25, 0.3) is 0 Å². The first-order valence-corrected chi connectivity index (χ1v) is 5.82. The van der Waals surface area contributed by atoms with E-state index in [-0.39, 0.29) is 6.04 Å². The smallest absolute Gasteiger partial charge is 0.309 e. The largest absolute Gasteiger partial charge is 0.348 e. The molecule has 1 aliphatic rings. The molecule has 0 bridgehead atoms. The van der Waals surface area contributed by atoms with E-state index in [1.807, 2.05) is 0 Å². The molecule has 0 saturated heterocycles. The minimum atomic E-state index is -0.488. The van der Waals surface area contributed by atoms with Crippen molar-refractivity contribution in [2.24, 2.45) is 0 Å². The van der Waals surface area contributed by atoms with Gasteiger partial charge in [0.05, 0.1) is 0 Å². The maximum atomic E-state index is 11.2. The van der Waals surface area contributed by atoms with E-state index < -0.39 is 11.8 Å². The van der Waals surface area contributed by atoms with Crippen LogP contribution in [0.3, 0.4) is 0 Å². The number of hydrogen-bond donors (Lipinski definition) is 2. The van der Waals surface area contributed by atoms with Crippen LogP contribution in [0.4, 0.5) is 0 Å². The monoisotopic (exact) mass is 212 g/mol. The van der Waals surface area contributed by atoms with Gasteiger partial charge in [0.2, 0.25) is 0 Å². The summed E-state index contributed by atoms with van der Waals surface area (Å²) < 4.78 is 0. The van der Waals surface area contributed by atoms with Crippen molar-refractivity contribution in [1.82, 2.24) is 10.6 Å². The fourth-order valence-electron chi connectivity index (χ4n) is 1.31. The summed E-state index contributed by atoms with van der Waals surface area (Å²) in [5.41, 5.74) is 0. The van der Waals surface area contributed by atoms with E-state index in [1.54, 1.807) is 0 Å². The molecule has 15 heavy (non-hydrogen) atoms. The fraction of sp³-hybridized carbons (Fsp3) is 0.818. The molecule has 0 aliphatic heterocycles. The molecule has 1 fully saturated rings. The van der Waals surface area contributed by atoms with Gasteiger partial charge in [0.15, 0.2) is 0 Å². The van der Waals surface area contributed by atoms with Gasteiger partial charge in [-0.3, -0.25) is 9.59 Å². The zero-order chi connectivity index (χ0) is 11.1. The van der Waals surface area contributed by atoms with Crippen LogP contribution in [0.2, 0.25) is 0 Å². The Morgan fingerprint density at radius 1 is 1.13 bits per heavy atom. The molecule has 0 aromatic heterocycles. The fourth-order valence-corrected chi connectivity index (χ4v) is 1.31. The van der Waals surface area contributed by atoms with Crippen molar-refractivity contribution >= 4 is 11.8 Å². The number of hydrogen-bond acceptors (Lipinski definition) is 2. The molecule has 0 aromatic carbocycles. The van der Waals surface area contributed by atoms with Gasteiger partial charge in [-0.2, -0.15) is 0 Å². The lowest BCUT2D eigenvalue weighted by Crippen LogP contribution is -2.41. The second kappa shape index (κ2) is 6.43. The number of rotatable bonds is 6. The lowest BCUT2D eigenvalue weighted by Gasteiger charge is -2.04. The number of unbranched alkanes of at least 4 members (excludes halogenated alkanes) is 3. The SMILES string of the molecule is CCCCCCNC(=O)C(=O)NC1CC1. The molecule has 0 aromatic rings. The summed E-state index contributed by atoms with van der Waals surface area (Å²) in [7, 11) is 0. The van der Waals surface area contributed by atoms with Crippen LogP contribution in [0, 0.1) is 0 Å². The molecular formula is C11H20N2O2. The molecule has 86 valence electrons. The van der Waals surface area contributed by atoms with Gasteiger partial charge in [-0.15, -0.1) is 0 Å². The molecule has 0 heterocycles. The van der Waals surface area contributed by atoms with E-state index >= 15 is 0 Å². The van der Waals surface area contributed by atoms with Gasteiger partial charge in [0, 0.05) is 12.6 Å². The predicted molar refractivity (Wildman–Crippen MR) is 58.3 cm³/mol. The number of amides is 2. The molecule has 0 spiro atoms. The highest BCUT2D eigenvalue weighted by Gasteiger charge is 2.25. The predicted octanol–water partition coefficient (Wildman–Crippen LogP) is 0.961. The first-order chi connectivity index (χ1) is 7.24. The molecule has 2 N–H and O–H groups in total. The molecule has 2 amide bonds. The van der Waals surface area contributed by atoms with Crippen LogP contribution >= 0.6 is 0 Å². The zero-order valence-electron chi connectivity index (χ0n) is 9.34. The van der Waals surface area contributed by atoms with Crippen molar-refractivity contribution in [3.8, 4) is 0 Å². The number of carbonyl (C=O) groups is 2. The summed E-state index contributed by atoms with van der Waals surface area (Å²) in [5.74, 6) is -0.966. The standard InChI is InChI=1S/C11H20N2O2/c1-2-3-4-5-8-12-10(14)11(15)13-9-6-7-9/h9H,2-8H2,1H3,(H,12,14)(H,13,15). The van der Waals surface area contributed by atoms with Gasteiger partial charge in [0.1, 0.15) is 0 Å². The van der Waals surface area contributed by atoms with Crippen LogP contribution in [-0.4, -0.2) is 24.4 Å². The van der Waals surface area contributed by atoms with Crippen molar-refractivity contribution in [1.29, 1.82) is 0 Å². The van der Waals surface area contributed by atoms with Crippen molar-refractivity contribution in [2.75, 3.05) is 6.54 Å². The minimum Gasteiger partial charge on any atom is -0.348 e. The third-order valence-corrected chi connectivity index (χ3v) is 2.43. The Morgan fingerprint density at radius 2 is 1.87 bits per heavy atom. The molecule has 1 rings (SSSR count). The van der Waals surface area contributed by atoms with Crippen LogP contribution < -0.4 is 10.6 Å². The Morgan fingerprint density at radius 3 is 2.47 bits per heavy atom. The maximum absolute atomic E-state index is 11.2. The normalized spacial score (nSPS) is 14.7. The summed E-state index contributed by atoms with van der Waals surface area (Å²) in [6.45, 7) is 2.75. The molecule has 4 heteroatoms. The van der Waals surface area contributed by atoms with Crippen LogP contribution in [0.5, 0.6) is 0 Å². The third kappa shape index (κ3) is 5.40. The van der Waals surface area contributed by atoms with Gasteiger partial charge in [-0.1, -0.05) is 26.2 Å². The maximum Gasteiger partial charge on any atom is 0.309 e. The quantitative estimate of drug-likeness (QED) is 0.509. The van der Waals surface area contributed by atoms with Crippen molar-refractivity contribution in [3.05, 3.63) is 0 Å². The molecule has 0 atom stereocenters. The Labute approximate surface area is 90.8 Å². The van der Waals surface area contributed by atoms with Crippen molar-refractivity contribution in [2.45, 2.75) is 51.5 Å². The summed E-state index contributed by atoms with van der Waals surface area (Å²) in [5, 5.41) is 5.28. The molecule has 1 saturated carbocycles. The second-order valence-electron chi connectivity index (χ2n) is 4.06. The van der Waals surface area contributed by atoms with Crippen LogP contribution in [0.1, 0.15) is 45.4 Å². The summed E-state index contributed by atoms with van der Waals surface area (Å²) in [6.07, 6.45) is 6.45. The Bertz CT molecular complexity index is 225. The highest BCUT2D eigenvalue weighted by atomic mass is 16.2. The highest BCUT2D eigenvalue weighted by molar-refractivity contribution is 6.35. The van der Waals surface area contributed by atoms with Crippen LogP contribution in [0.25, 0.3) is 0 Å². The second-order valence-corrected chi connectivity index (χ2v) is 4.06. The first-order valence-electron chi connectivity index (χ1n) is 5.82. The minimum absolute atomic E-state index is 0.253. The summed E-state index contributed by atoms with van der Waals surface area (Å²) in [6, 6.07) is 0.253. The van der Waals surface area contributed by atoms with Crippen molar-refractivity contribution in [3.63, 3.8) is 0 Å². The van der Waals surface area contributed by atoms with E-state index in [4.69, 9.17) is 0 Å². The van der Waals surface area contributed by atoms with Gasteiger partial charge in [-0.25, -0.2) is 0 Å². The third-order valence-electron chi connectivity index (χ3n) is 2.43. The lowest BCUT2D eigenvalue weighted by atomic mass is 10.2. The topological polar surface area (TPSA) is 58.2 Å². The average Bonchev–Trinajstić information content (AvgIpc) is 3.01. The molecule has 1 aliphatic carbocycles. The van der Waals surface area contributed by atoms with Gasteiger partial charge < -0.3 is 10.6 Å². The molecule has 4 nitrogen and oxygen atoms in total. The van der Waals surface area contributed by atoms with E-state index in [2.05, 4.69) is 17.6 Å². The summed E-state index contributed by atoms with van der Waals surface area (Å²) in [4.78, 5) is 22.4. The summed E-state index contributed by atoms with van der Waals surface area (Å²) >= 11 is 0. The van der Waals surface area contributed by atoms with Gasteiger partial charge in [-0.05, 0) is 19.3 Å². The van der Waals surface area contributed by atoms with E-state index in [1.165, 1.54) is 12.8 Å². The highest BCUT2D eigenvalue weighted by Crippen LogP contribution is 2.18. The lowest BCUT2D eigenvalue weighted by molar-refractivity contribution is -0.139. The first kappa shape index (κ1) is 12.0. The van der Waals surface area contributed by atoms with E-state index in [9.17, 15) is 9.59 Å². The molecular weight excluding hydrogens is 192 g/mol. The van der Waals surface area contributed by atoms with Crippen LogP contribution in [0.15, 0.2) is 0 Å². The number of carbonyl (C=O) groups excluding carboxylic acids is 2. The van der Waals surface area contributed by atoms with E-state index in [0.717, 1.165) is 25.7 Å². The Hall–Kier alpha value is -1.06. The Balaban J connectivity index is 1.99.